The summed E-state index contributed by atoms with van der Waals surface area (Å²) in [6.45, 7) is -0.884. The van der Waals surface area contributed by atoms with Crippen LogP contribution in [0.4, 0.5) is 0 Å². The van der Waals surface area contributed by atoms with Gasteiger partial charge in [-0.15, -0.1) is 0 Å². The number of primary amides is 1. The van der Waals surface area contributed by atoms with Crippen LogP contribution in [-0.2, 0) is 24.0 Å². The summed E-state index contributed by atoms with van der Waals surface area (Å²) in [4.78, 5) is 55.9. The molecule has 0 aliphatic rings. The van der Waals surface area contributed by atoms with Crippen molar-refractivity contribution < 1.29 is 29.1 Å². The number of carbonyl (C=O) groups is 5. The Labute approximate surface area is 143 Å². The molecule has 0 aromatic heterocycles. The lowest BCUT2D eigenvalue weighted by atomic mass is 10.1. The zero-order valence-electron chi connectivity index (χ0n) is 12.8. The van der Waals surface area contributed by atoms with Crippen LogP contribution in [0.25, 0.3) is 0 Å². The van der Waals surface area contributed by atoms with Crippen LogP contribution in [0.15, 0.2) is 0 Å². The van der Waals surface area contributed by atoms with Crippen molar-refractivity contribution in [2.45, 2.75) is 24.9 Å². The van der Waals surface area contributed by atoms with Crippen molar-refractivity contribution in [3.63, 3.8) is 0 Å². The highest BCUT2D eigenvalue weighted by Gasteiger charge is 2.20. The first-order valence-electron chi connectivity index (χ1n) is 6.88. The molecule has 0 aliphatic heterocycles. The molecule has 0 aromatic carbocycles. The minimum atomic E-state index is -1.33. The summed E-state index contributed by atoms with van der Waals surface area (Å²) in [6.07, 6.45) is -0.372. The maximum atomic E-state index is 11.6. The third-order valence-corrected chi connectivity index (χ3v) is 3.11. The Hall–Kier alpha value is -2.34. The van der Waals surface area contributed by atoms with Gasteiger partial charge in [0.25, 0.3) is 0 Å². The van der Waals surface area contributed by atoms with Gasteiger partial charge in [0.1, 0.15) is 6.04 Å². The normalized spacial score (nSPS) is 12.6. The van der Waals surface area contributed by atoms with Crippen molar-refractivity contribution in [3.8, 4) is 0 Å². The second-order valence-electron chi connectivity index (χ2n) is 4.75. The van der Waals surface area contributed by atoms with E-state index in [1.54, 1.807) is 0 Å². The average molecular weight is 363 g/mol. The summed E-state index contributed by atoms with van der Waals surface area (Å²) in [6, 6.07) is -2.15. The van der Waals surface area contributed by atoms with Crippen LogP contribution in [0.3, 0.4) is 0 Å². The summed E-state index contributed by atoms with van der Waals surface area (Å²) in [5.41, 5.74) is 10.3. The van der Waals surface area contributed by atoms with Crippen LogP contribution in [0.2, 0.25) is 0 Å². The number of aliphatic carboxylic acids is 1. The first kappa shape index (κ1) is 21.7. The van der Waals surface area contributed by atoms with E-state index in [1.807, 2.05) is 0 Å². The van der Waals surface area contributed by atoms with Crippen molar-refractivity contribution in [1.82, 2.24) is 16.0 Å². The van der Waals surface area contributed by atoms with Crippen molar-refractivity contribution in [1.29, 1.82) is 0 Å². The van der Waals surface area contributed by atoms with Crippen molar-refractivity contribution in [2.75, 3.05) is 18.8 Å². The van der Waals surface area contributed by atoms with Crippen LogP contribution >= 0.6 is 12.6 Å². The van der Waals surface area contributed by atoms with Crippen LogP contribution in [0.5, 0.6) is 0 Å². The van der Waals surface area contributed by atoms with Crippen LogP contribution in [-0.4, -0.2) is 65.6 Å². The van der Waals surface area contributed by atoms with Crippen LogP contribution in [0.1, 0.15) is 12.8 Å². The highest BCUT2D eigenvalue weighted by atomic mass is 32.1. The number of rotatable bonds is 11. The Bertz CT molecular complexity index is 500. The number of hydrogen-bond donors (Lipinski definition) is 7. The number of carbonyl (C=O) groups excluding carboxylic acids is 4. The molecule has 4 amide bonds. The summed E-state index contributed by atoms with van der Waals surface area (Å²) < 4.78 is 0. The third-order valence-electron chi connectivity index (χ3n) is 2.72. The fourth-order valence-electron chi connectivity index (χ4n) is 1.41. The van der Waals surface area contributed by atoms with E-state index < -0.39 is 54.8 Å². The van der Waals surface area contributed by atoms with Gasteiger partial charge < -0.3 is 32.5 Å². The van der Waals surface area contributed by atoms with E-state index in [2.05, 4.69) is 28.6 Å². The lowest BCUT2D eigenvalue weighted by Gasteiger charge is -2.14. The molecule has 24 heavy (non-hydrogen) atoms. The maximum Gasteiger partial charge on any atom is 0.326 e. The molecule has 136 valence electrons. The number of carboxylic acid groups (broad SMARTS) is 1. The molecule has 11 nitrogen and oxygen atoms in total. The first-order chi connectivity index (χ1) is 11.2. The zero-order chi connectivity index (χ0) is 18.7. The lowest BCUT2D eigenvalue weighted by Crippen LogP contribution is -2.49. The highest BCUT2D eigenvalue weighted by molar-refractivity contribution is 7.80. The van der Waals surface area contributed by atoms with Gasteiger partial charge in [0.2, 0.25) is 23.6 Å². The van der Waals surface area contributed by atoms with E-state index in [9.17, 15) is 24.0 Å². The molecule has 0 fully saturated rings. The number of nitrogens with two attached hydrogens (primary N) is 2. The lowest BCUT2D eigenvalue weighted by molar-refractivity contribution is -0.142. The van der Waals surface area contributed by atoms with Crippen LogP contribution in [0, 0.1) is 0 Å². The molecule has 0 saturated carbocycles. The molecule has 8 N–H and O–H groups in total. The molecule has 0 bridgehead atoms. The first-order valence-corrected chi connectivity index (χ1v) is 7.52. The average Bonchev–Trinajstić information content (AvgIpc) is 2.52. The van der Waals surface area contributed by atoms with Gasteiger partial charge >= 0.3 is 5.97 Å². The molecule has 2 unspecified atom stereocenters. The van der Waals surface area contributed by atoms with Gasteiger partial charge in [-0.1, -0.05) is 0 Å². The molecule has 0 spiro atoms. The summed E-state index contributed by atoms with van der Waals surface area (Å²) in [5, 5.41) is 15.5. The molecule has 0 radical (unpaired) electrons. The molecule has 2 atom stereocenters. The quantitative estimate of drug-likeness (QED) is 0.183. The van der Waals surface area contributed by atoms with Crippen molar-refractivity contribution >= 4 is 42.2 Å². The monoisotopic (exact) mass is 363 g/mol. The third kappa shape index (κ3) is 9.63. The second kappa shape index (κ2) is 11.2. The molecular weight excluding hydrogens is 342 g/mol. The van der Waals surface area contributed by atoms with E-state index in [0.717, 1.165) is 0 Å². The number of hydrogen-bond acceptors (Lipinski definition) is 7. The van der Waals surface area contributed by atoms with E-state index >= 15 is 0 Å². The summed E-state index contributed by atoms with van der Waals surface area (Å²) in [5.74, 6) is -3.91. The topological polar surface area (TPSA) is 194 Å². The maximum absolute atomic E-state index is 11.6. The van der Waals surface area contributed by atoms with Crippen LogP contribution < -0.4 is 27.4 Å². The predicted molar refractivity (Wildman–Crippen MR) is 85.8 cm³/mol. The fourth-order valence-corrected chi connectivity index (χ4v) is 1.58. The Morgan fingerprint density at radius 1 is 1.04 bits per heavy atom. The number of thiol groups is 1. The largest absolute Gasteiger partial charge is 0.480 e. The van der Waals surface area contributed by atoms with Gasteiger partial charge in [0, 0.05) is 12.2 Å². The summed E-state index contributed by atoms with van der Waals surface area (Å²) >= 11 is 3.83. The van der Waals surface area contributed by atoms with Gasteiger partial charge in [0.05, 0.1) is 19.1 Å². The van der Waals surface area contributed by atoms with E-state index in [-0.39, 0.29) is 18.6 Å². The number of carboxylic acids is 1. The fraction of sp³-hybridized carbons (Fsp3) is 0.583. The molecule has 0 rings (SSSR count). The van der Waals surface area contributed by atoms with Gasteiger partial charge in [-0.3, -0.25) is 19.2 Å². The Morgan fingerprint density at radius 3 is 2.12 bits per heavy atom. The van der Waals surface area contributed by atoms with E-state index in [1.165, 1.54) is 0 Å². The highest BCUT2D eigenvalue weighted by Crippen LogP contribution is 1.97. The minimum absolute atomic E-state index is 0.109. The van der Waals surface area contributed by atoms with Gasteiger partial charge in [-0.25, -0.2) is 4.79 Å². The molecule has 0 saturated heterocycles. The van der Waals surface area contributed by atoms with Gasteiger partial charge in [0.15, 0.2) is 0 Å². The molecule has 12 heteroatoms. The van der Waals surface area contributed by atoms with Gasteiger partial charge in [-0.05, 0) is 6.42 Å². The molecule has 0 aliphatic carbocycles. The zero-order valence-corrected chi connectivity index (χ0v) is 13.7. The predicted octanol–water partition coefficient (Wildman–Crippen LogP) is -3.69. The molecular formula is C12H21N5O6S. The van der Waals surface area contributed by atoms with E-state index in [0.29, 0.717) is 0 Å². The summed E-state index contributed by atoms with van der Waals surface area (Å²) in [7, 11) is 0. The Kier molecular flexibility index (Phi) is 10.1. The SMILES string of the molecule is NC(=O)CCC(NC(=O)CNC(=O)CNC(=O)C(N)CS)C(=O)O. The minimum Gasteiger partial charge on any atom is -0.480 e. The number of nitrogens with one attached hydrogen (secondary N) is 3. The Balaban J connectivity index is 4.17. The van der Waals surface area contributed by atoms with E-state index in [4.69, 9.17) is 16.6 Å². The second-order valence-corrected chi connectivity index (χ2v) is 5.11. The van der Waals surface area contributed by atoms with Gasteiger partial charge in [-0.2, -0.15) is 12.6 Å². The standard InChI is InChI=1S/C12H21N5O6S/c13-6(5-24)11(21)16-3-9(19)15-4-10(20)17-7(12(22)23)1-2-8(14)18/h6-7,24H,1-5,13H2,(H2,14,18)(H,15,19)(H,16,21)(H,17,20)(H,22,23). The molecule has 0 aromatic rings. The Morgan fingerprint density at radius 2 is 1.62 bits per heavy atom. The smallest absolute Gasteiger partial charge is 0.326 e. The van der Waals surface area contributed by atoms with Crippen molar-refractivity contribution in [2.24, 2.45) is 11.5 Å². The number of amides is 4. The molecule has 0 heterocycles. The van der Waals surface area contributed by atoms with Crippen molar-refractivity contribution in [3.05, 3.63) is 0 Å².